The largest absolute Gasteiger partial charge is 0.354 e. The van der Waals surface area contributed by atoms with Crippen LogP contribution in [-0.2, 0) is 0 Å². The van der Waals surface area contributed by atoms with Gasteiger partial charge in [0.2, 0.25) is 0 Å². The van der Waals surface area contributed by atoms with Crippen molar-refractivity contribution >= 4 is 34.6 Å². The van der Waals surface area contributed by atoms with Crippen molar-refractivity contribution in [3.05, 3.63) is 82.6 Å². The van der Waals surface area contributed by atoms with Crippen molar-refractivity contribution in [2.45, 2.75) is 13.8 Å². The van der Waals surface area contributed by atoms with Gasteiger partial charge in [-0.3, -0.25) is 9.78 Å². The molecule has 0 bridgehead atoms. The first-order valence-corrected chi connectivity index (χ1v) is 8.25. The van der Waals surface area contributed by atoms with Crippen molar-refractivity contribution in [2.24, 2.45) is 0 Å². The molecule has 0 aliphatic heterocycles. The van der Waals surface area contributed by atoms with Crippen molar-refractivity contribution in [3.63, 3.8) is 0 Å². The van der Waals surface area contributed by atoms with Crippen LogP contribution in [0.1, 0.15) is 21.5 Å². The number of carbonyl (C=O) groups excluding carboxylic acids is 1. The first-order chi connectivity index (χ1) is 12.0. The predicted octanol–water partition coefficient (Wildman–Crippen LogP) is 5.35. The quantitative estimate of drug-likeness (QED) is 0.666. The average molecular weight is 352 g/mol. The summed E-state index contributed by atoms with van der Waals surface area (Å²) in [6.07, 6.45) is 3.21. The highest BCUT2D eigenvalue weighted by Gasteiger charge is 2.09. The fourth-order valence-electron chi connectivity index (χ4n) is 2.51. The number of nitrogens with zero attached hydrogens (tertiary/aromatic N) is 1. The van der Waals surface area contributed by atoms with Crippen molar-refractivity contribution < 1.29 is 4.79 Å². The molecular weight excluding hydrogens is 334 g/mol. The van der Waals surface area contributed by atoms with Gasteiger partial charge in [0, 0.05) is 22.6 Å². The first-order valence-electron chi connectivity index (χ1n) is 7.87. The number of amides is 1. The molecule has 2 N–H and O–H groups in total. The molecule has 25 heavy (non-hydrogen) atoms. The number of hydrogen-bond acceptors (Lipinski definition) is 3. The zero-order valence-electron chi connectivity index (χ0n) is 14.0. The molecule has 4 nitrogen and oxygen atoms in total. The molecule has 5 heteroatoms. The third-order valence-corrected chi connectivity index (χ3v) is 3.98. The van der Waals surface area contributed by atoms with Gasteiger partial charge in [-0.25, -0.2) is 0 Å². The first kappa shape index (κ1) is 17.0. The minimum atomic E-state index is -0.200. The maximum absolute atomic E-state index is 12.5. The summed E-state index contributed by atoms with van der Waals surface area (Å²) in [6.45, 7) is 3.99. The van der Waals surface area contributed by atoms with Gasteiger partial charge in [-0.15, -0.1) is 0 Å². The fraction of sp³-hybridized carbons (Fsp3) is 0.100. The highest BCUT2D eigenvalue weighted by molar-refractivity contribution is 6.30. The Labute approximate surface area is 151 Å². The Balaban J connectivity index is 1.77. The van der Waals surface area contributed by atoms with Crippen LogP contribution in [0.15, 0.2) is 60.9 Å². The molecule has 0 atom stereocenters. The van der Waals surface area contributed by atoms with Gasteiger partial charge in [0.25, 0.3) is 5.91 Å². The van der Waals surface area contributed by atoms with E-state index in [1.54, 1.807) is 24.5 Å². The van der Waals surface area contributed by atoms with Gasteiger partial charge in [0.1, 0.15) is 0 Å². The molecule has 126 valence electrons. The van der Waals surface area contributed by atoms with E-state index in [2.05, 4.69) is 15.6 Å². The zero-order chi connectivity index (χ0) is 17.8. The number of benzene rings is 2. The highest BCUT2D eigenvalue weighted by atomic mass is 35.5. The number of anilines is 3. The molecule has 0 unspecified atom stereocenters. The molecule has 1 amide bonds. The second-order valence-electron chi connectivity index (χ2n) is 5.87. The molecule has 0 aliphatic rings. The number of aryl methyl sites for hydroxylation is 2. The number of aromatic nitrogens is 1. The van der Waals surface area contributed by atoms with E-state index in [-0.39, 0.29) is 5.91 Å². The van der Waals surface area contributed by atoms with Crippen LogP contribution in [-0.4, -0.2) is 10.9 Å². The summed E-state index contributed by atoms with van der Waals surface area (Å²) in [5.41, 5.74) is 5.01. The normalized spacial score (nSPS) is 10.4. The van der Waals surface area contributed by atoms with E-state index in [1.165, 1.54) is 0 Å². The summed E-state index contributed by atoms with van der Waals surface area (Å²) in [5, 5.41) is 6.76. The van der Waals surface area contributed by atoms with E-state index in [0.29, 0.717) is 10.6 Å². The summed E-state index contributed by atoms with van der Waals surface area (Å²) < 4.78 is 0. The molecule has 0 spiro atoms. The second-order valence-corrected chi connectivity index (χ2v) is 6.31. The van der Waals surface area contributed by atoms with Crippen LogP contribution in [0.25, 0.3) is 0 Å². The molecule has 1 heterocycles. The number of pyridine rings is 1. The van der Waals surface area contributed by atoms with Crippen LogP contribution in [0.3, 0.4) is 0 Å². The van der Waals surface area contributed by atoms with Gasteiger partial charge in [0.05, 0.1) is 17.4 Å². The van der Waals surface area contributed by atoms with E-state index >= 15 is 0 Å². The van der Waals surface area contributed by atoms with Crippen LogP contribution in [0.2, 0.25) is 5.02 Å². The van der Waals surface area contributed by atoms with Gasteiger partial charge in [-0.1, -0.05) is 35.4 Å². The van der Waals surface area contributed by atoms with E-state index in [0.717, 1.165) is 28.2 Å². The second kappa shape index (κ2) is 7.36. The standard InChI is InChI=1S/C20H18ClN3O/c1-13-6-7-19(14(2)8-13)24-20(25)15-9-18(12-22-11-15)23-17-5-3-4-16(21)10-17/h3-12,23H,1-2H3,(H,24,25). The number of halogens is 1. The molecule has 1 aromatic heterocycles. The fourth-order valence-corrected chi connectivity index (χ4v) is 2.70. The van der Waals surface area contributed by atoms with Crippen LogP contribution in [0.4, 0.5) is 17.1 Å². The van der Waals surface area contributed by atoms with E-state index in [9.17, 15) is 4.79 Å². The van der Waals surface area contributed by atoms with E-state index in [1.807, 2.05) is 50.2 Å². The Morgan fingerprint density at radius 3 is 2.60 bits per heavy atom. The lowest BCUT2D eigenvalue weighted by molar-refractivity contribution is 0.102. The summed E-state index contributed by atoms with van der Waals surface area (Å²) in [5.74, 6) is -0.200. The van der Waals surface area contributed by atoms with Gasteiger partial charge in [-0.05, 0) is 49.7 Å². The molecule has 3 aromatic rings. The zero-order valence-corrected chi connectivity index (χ0v) is 14.8. The van der Waals surface area contributed by atoms with E-state index in [4.69, 9.17) is 11.6 Å². The third kappa shape index (κ3) is 4.37. The van der Waals surface area contributed by atoms with Crippen LogP contribution >= 0.6 is 11.6 Å². The van der Waals surface area contributed by atoms with Crippen molar-refractivity contribution in [1.82, 2.24) is 4.98 Å². The lowest BCUT2D eigenvalue weighted by atomic mass is 10.1. The van der Waals surface area contributed by atoms with E-state index < -0.39 is 0 Å². The molecular formula is C20H18ClN3O. The number of hydrogen-bond donors (Lipinski definition) is 2. The molecule has 3 rings (SSSR count). The van der Waals surface area contributed by atoms with Crippen LogP contribution in [0.5, 0.6) is 0 Å². The number of rotatable bonds is 4. The minimum absolute atomic E-state index is 0.200. The van der Waals surface area contributed by atoms with Crippen LogP contribution < -0.4 is 10.6 Å². The predicted molar refractivity (Wildman–Crippen MR) is 103 cm³/mol. The van der Waals surface area contributed by atoms with Crippen molar-refractivity contribution in [1.29, 1.82) is 0 Å². The Hall–Kier alpha value is -2.85. The Morgan fingerprint density at radius 1 is 1.00 bits per heavy atom. The van der Waals surface area contributed by atoms with Crippen molar-refractivity contribution in [3.8, 4) is 0 Å². The Kier molecular flexibility index (Phi) is 5.00. The average Bonchev–Trinajstić information content (AvgIpc) is 2.57. The monoisotopic (exact) mass is 351 g/mol. The lowest BCUT2D eigenvalue weighted by Gasteiger charge is -2.11. The molecule has 0 aliphatic carbocycles. The number of carbonyl (C=O) groups is 1. The van der Waals surface area contributed by atoms with Crippen molar-refractivity contribution in [2.75, 3.05) is 10.6 Å². The lowest BCUT2D eigenvalue weighted by Crippen LogP contribution is -2.13. The smallest absolute Gasteiger partial charge is 0.257 e. The maximum Gasteiger partial charge on any atom is 0.257 e. The summed E-state index contributed by atoms with van der Waals surface area (Å²) >= 11 is 5.99. The van der Waals surface area contributed by atoms with Gasteiger partial charge >= 0.3 is 0 Å². The number of nitrogens with one attached hydrogen (secondary N) is 2. The minimum Gasteiger partial charge on any atom is -0.354 e. The molecule has 0 fully saturated rings. The Bertz CT molecular complexity index is 924. The SMILES string of the molecule is Cc1ccc(NC(=O)c2cncc(Nc3cccc(Cl)c3)c2)c(C)c1. The molecule has 2 aromatic carbocycles. The highest BCUT2D eigenvalue weighted by Crippen LogP contribution is 2.21. The van der Waals surface area contributed by atoms with Crippen LogP contribution in [0, 0.1) is 13.8 Å². The van der Waals surface area contributed by atoms with Gasteiger partial charge < -0.3 is 10.6 Å². The summed E-state index contributed by atoms with van der Waals surface area (Å²) in [6, 6.07) is 15.0. The molecule has 0 saturated carbocycles. The molecule has 0 saturated heterocycles. The maximum atomic E-state index is 12.5. The third-order valence-electron chi connectivity index (χ3n) is 3.74. The van der Waals surface area contributed by atoms with Gasteiger partial charge in [-0.2, -0.15) is 0 Å². The Morgan fingerprint density at radius 2 is 1.84 bits per heavy atom. The topological polar surface area (TPSA) is 54.0 Å². The molecule has 0 radical (unpaired) electrons. The summed E-state index contributed by atoms with van der Waals surface area (Å²) in [4.78, 5) is 16.7. The summed E-state index contributed by atoms with van der Waals surface area (Å²) in [7, 11) is 0. The van der Waals surface area contributed by atoms with Gasteiger partial charge in [0.15, 0.2) is 0 Å².